The summed E-state index contributed by atoms with van der Waals surface area (Å²) in [7, 11) is 0. The van der Waals surface area contributed by atoms with E-state index in [1.807, 2.05) is 37.3 Å². The summed E-state index contributed by atoms with van der Waals surface area (Å²) in [5, 5.41) is 17.2. The van der Waals surface area contributed by atoms with Gasteiger partial charge < -0.3 is 10.0 Å². The zero-order valence-corrected chi connectivity index (χ0v) is 13.5. The fourth-order valence-electron chi connectivity index (χ4n) is 3.10. The fraction of sp³-hybridized carbons (Fsp3) is 0.412. The Morgan fingerprint density at radius 2 is 2.00 bits per heavy atom. The second kappa shape index (κ2) is 6.82. The highest BCUT2D eigenvalue weighted by molar-refractivity contribution is 5.92. The van der Waals surface area contributed by atoms with E-state index in [-0.39, 0.29) is 24.1 Å². The first-order valence-electron chi connectivity index (χ1n) is 7.99. The van der Waals surface area contributed by atoms with Gasteiger partial charge in [0.25, 0.3) is 5.91 Å². The van der Waals surface area contributed by atoms with Gasteiger partial charge in [0.05, 0.1) is 18.7 Å². The predicted molar refractivity (Wildman–Crippen MR) is 86.4 cm³/mol. The molecule has 1 aliphatic rings. The molecule has 0 spiro atoms. The maximum Gasteiger partial charge on any atom is 0.308 e. The molecule has 0 aliphatic carbocycles. The van der Waals surface area contributed by atoms with E-state index in [1.165, 1.54) is 0 Å². The van der Waals surface area contributed by atoms with Gasteiger partial charge in [0, 0.05) is 13.1 Å². The summed E-state index contributed by atoms with van der Waals surface area (Å²) in [5.41, 5.74) is 1.32. The van der Waals surface area contributed by atoms with Crippen molar-refractivity contribution in [2.24, 2.45) is 11.8 Å². The highest BCUT2D eigenvalue weighted by atomic mass is 16.4. The van der Waals surface area contributed by atoms with Crippen molar-refractivity contribution < 1.29 is 14.7 Å². The number of benzene rings is 1. The van der Waals surface area contributed by atoms with Crippen molar-refractivity contribution in [3.05, 3.63) is 47.8 Å². The average molecular weight is 328 g/mol. The van der Waals surface area contributed by atoms with E-state index in [1.54, 1.807) is 15.8 Å². The Morgan fingerprint density at radius 3 is 2.71 bits per heavy atom. The minimum atomic E-state index is -0.855. The van der Waals surface area contributed by atoms with Gasteiger partial charge in [0.15, 0.2) is 5.69 Å². The molecule has 2 unspecified atom stereocenters. The van der Waals surface area contributed by atoms with E-state index in [0.717, 1.165) is 5.56 Å². The van der Waals surface area contributed by atoms with Gasteiger partial charge in [-0.25, -0.2) is 4.68 Å². The molecule has 1 aromatic carbocycles. The quantitative estimate of drug-likeness (QED) is 0.919. The zero-order chi connectivity index (χ0) is 17.1. The van der Waals surface area contributed by atoms with Gasteiger partial charge in [-0.3, -0.25) is 9.59 Å². The topological polar surface area (TPSA) is 88.3 Å². The normalized spacial score (nSPS) is 20.8. The number of aliphatic carboxylic acids is 1. The van der Waals surface area contributed by atoms with Crippen LogP contribution in [-0.4, -0.2) is 50.0 Å². The van der Waals surface area contributed by atoms with Crippen molar-refractivity contribution in [1.82, 2.24) is 19.9 Å². The maximum atomic E-state index is 12.6. The van der Waals surface area contributed by atoms with Crippen LogP contribution in [0.15, 0.2) is 36.5 Å². The molecule has 1 fully saturated rings. The van der Waals surface area contributed by atoms with Crippen LogP contribution in [0.5, 0.6) is 0 Å². The lowest BCUT2D eigenvalue weighted by Crippen LogP contribution is -2.45. The highest BCUT2D eigenvalue weighted by Gasteiger charge is 2.33. The fourth-order valence-corrected chi connectivity index (χ4v) is 3.10. The number of nitrogens with zero attached hydrogens (tertiary/aromatic N) is 4. The minimum Gasteiger partial charge on any atom is -0.481 e. The van der Waals surface area contributed by atoms with E-state index in [2.05, 4.69) is 10.3 Å². The van der Waals surface area contributed by atoms with Gasteiger partial charge in [-0.15, -0.1) is 5.10 Å². The molecule has 1 amide bonds. The van der Waals surface area contributed by atoms with E-state index < -0.39 is 11.9 Å². The van der Waals surface area contributed by atoms with Crippen molar-refractivity contribution in [2.45, 2.75) is 19.9 Å². The third-order valence-electron chi connectivity index (χ3n) is 4.24. The molecule has 2 atom stereocenters. The second-order valence-corrected chi connectivity index (χ2v) is 6.37. The van der Waals surface area contributed by atoms with Crippen molar-refractivity contribution >= 4 is 11.9 Å². The summed E-state index contributed by atoms with van der Waals surface area (Å²) in [5.74, 6) is -1.47. The van der Waals surface area contributed by atoms with Crippen molar-refractivity contribution in [2.75, 3.05) is 13.1 Å². The molecule has 1 saturated heterocycles. The molecular weight excluding hydrogens is 308 g/mol. The summed E-state index contributed by atoms with van der Waals surface area (Å²) in [6, 6.07) is 9.79. The van der Waals surface area contributed by atoms with Crippen LogP contribution in [0.2, 0.25) is 0 Å². The molecule has 126 valence electrons. The summed E-state index contributed by atoms with van der Waals surface area (Å²) >= 11 is 0. The third-order valence-corrected chi connectivity index (χ3v) is 4.24. The van der Waals surface area contributed by atoms with Crippen LogP contribution in [-0.2, 0) is 11.3 Å². The van der Waals surface area contributed by atoms with Gasteiger partial charge in [-0.1, -0.05) is 42.5 Å². The Balaban J connectivity index is 1.70. The standard InChI is InChI=1S/C17H20N4O3/c1-12-7-14(17(23)24)10-20(8-12)16(22)15-11-21(19-18-15)9-13-5-3-2-4-6-13/h2-6,11-12,14H,7-10H2,1H3,(H,23,24). The monoisotopic (exact) mass is 328 g/mol. The van der Waals surface area contributed by atoms with Gasteiger partial charge in [0.1, 0.15) is 0 Å². The number of hydrogen-bond acceptors (Lipinski definition) is 4. The Hall–Kier alpha value is -2.70. The van der Waals surface area contributed by atoms with Crippen molar-refractivity contribution in [3.8, 4) is 0 Å². The predicted octanol–water partition coefficient (Wildman–Crippen LogP) is 1.51. The molecule has 2 heterocycles. The number of carbonyl (C=O) groups excluding carboxylic acids is 1. The van der Waals surface area contributed by atoms with Crippen LogP contribution >= 0.6 is 0 Å². The Bertz CT molecular complexity index is 728. The number of amides is 1. The van der Waals surface area contributed by atoms with Gasteiger partial charge in [-0.05, 0) is 17.9 Å². The molecule has 0 bridgehead atoms. The number of hydrogen-bond donors (Lipinski definition) is 1. The molecule has 1 aliphatic heterocycles. The van der Waals surface area contributed by atoms with E-state index in [4.69, 9.17) is 0 Å². The van der Waals surface area contributed by atoms with E-state index >= 15 is 0 Å². The lowest BCUT2D eigenvalue weighted by Gasteiger charge is -2.34. The van der Waals surface area contributed by atoms with Crippen LogP contribution in [0, 0.1) is 11.8 Å². The van der Waals surface area contributed by atoms with E-state index in [9.17, 15) is 14.7 Å². The lowest BCUT2D eigenvalue weighted by atomic mass is 9.90. The molecule has 24 heavy (non-hydrogen) atoms. The minimum absolute atomic E-state index is 0.156. The number of piperidine rings is 1. The van der Waals surface area contributed by atoms with Crippen LogP contribution in [0.25, 0.3) is 0 Å². The van der Waals surface area contributed by atoms with Gasteiger partial charge in [-0.2, -0.15) is 0 Å². The first-order valence-corrected chi connectivity index (χ1v) is 7.99. The molecule has 0 saturated carbocycles. The smallest absolute Gasteiger partial charge is 0.308 e. The molecule has 7 nitrogen and oxygen atoms in total. The lowest BCUT2D eigenvalue weighted by molar-refractivity contribution is -0.143. The van der Waals surface area contributed by atoms with E-state index in [0.29, 0.717) is 19.5 Å². The summed E-state index contributed by atoms with van der Waals surface area (Å²) in [6.45, 7) is 3.27. The van der Waals surface area contributed by atoms with Crippen LogP contribution in [0.1, 0.15) is 29.4 Å². The van der Waals surface area contributed by atoms with Crippen LogP contribution < -0.4 is 0 Å². The van der Waals surface area contributed by atoms with Gasteiger partial charge in [0.2, 0.25) is 0 Å². The molecule has 0 radical (unpaired) electrons. The number of carboxylic acids is 1. The largest absolute Gasteiger partial charge is 0.481 e. The molecular formula is C17H20N4O3. The summed E-state index contributed by atoms with van der Waals surface area (Å²) in [6.07, 6.45) is 2.21. The third kappa shape index (κ3) is 3.61. The Labute approximate surface area is 139 Å². The number of carbonyl (C=O) groups is 2. The highest BCUT2D eigenvalue weighted by Crippen LogP contribution is 2.23. The number of likely N-dealkylation sites (tertiary alicyclic amines) is 1. The van der Waals surface area contributed by atoms with Gasteiger partial charge >= 0.3 is 5.97 Å². The summed E-state index contributed by atoms with van der Waals surface area (Å²) < 4.78 is 1.62. The molecule has 2 aromatic rings. The molecule has 3 rings (SSSR count). The maximum absolute atomic E-state index is 12.6. The average Bonchev–Trinajstić information content (AvgIpc) is 3.03. The van der Waals surface area contributed by atoms with Crippen LogP contribution in [0.3, 0.4) is 0 Å². The number of aromatic nitrogens is 3. The Kier molecular flexibility index (Phi) is 4.59. The van der Waals surface area contributed by atoms with Crippen molar-refractivity contribution in [1.29, 1.82) is 0 Å². The number of carboxylic acid groups (broad SMARTS) is 1. The van der Waals surface area contributed by atoms with Crippen LogP contribution in [0.4, 0.5) is 0 Å². The first kappa shape index (κ1) is 16.2. The molecule has 1 N–H and O–H groups in total. The first-order chi connectivity index (χ1) is 11.5. The molecule has 7 heteroatoms. The zero-order valence-electron chi connectivity index (χ0n) is 13.5. The van der Waals surface area contributed by atoms with Crippen molar-refractivity contribution in [3.63, 3.8) is 0 Å². The summed E-state index contributed by atoms with van der Waals surface area (Å²) in [4.78, 5) is 25.4. The number of rotatable bonds is 4. The SMILES string of the molecule is CC1CC(C(=O)O)CN(C(=O)c2cn(Cc3ccccc3)nn2)C1. The molecule has 1 aromatic heterocycles. The second-order valence-electron chi connectivity index (χ2n) is 6.37. The Morgan fingerprint density at radius 1 is 1.25 bits per heavy atom.